The van der Waals surface area contributed by atoms with Gasteiger partial charge in [0.2, 0.25) is 11.0 Å². The molecule has 4 rings (SSSR count). The van der Waals surface area contributed by atoms with Crippen LogP contribution < -0.4 is 15.2 Å². The van der Waals surface area contributed by atoms with E-state index < -0.39 is 11.7 Å². The maximum Gasteiger partial charge on any atom is 0.416 e. The van der Waals surface area contributed by atoms with Crippen LogP contribution in [0.15, 0.2) is 18.2 Å². The standard InChI is InChI=1S/C10H9F3N3O.C4H9NO.C2H7N/c11-10(12,13)6-1-4-8-9(5-6)16(17)14-15(8)7-2-3-7;1-3-6-4-2-5-1;1-3-2/h1,4-5,7H,2-3H2,(H,14,17);5H,1-4H2;3H,1-2H3/q+1;;. The lowest BCUT2D eigenvalue weighted by Gasteiger charge is -2.10. The van der Waals surface area contributed by atoms with E-state index in [1.165, 1.54) is 6.07 Å². The molecule has 0 amide bonds. The summed E-state index contributed by atoms with van der Waals surface area (Å²) >= 11 is 0. The summed E-state index contributed by atoms with van der Waals surface area (Å²) in [6.07, 6.45) is -2.54. The monoisotopic (exact) mass is 376 g/mol. The topological polar surface area (TPSA) is 77.0 Å². The van der Waals surface area contributed by atoms with Gasteiger partial charge in [0.05, 0.1) is 23.3 Å². The molecule has 2 aromatic rings. The van der Waals surface area contributed by atoms with Gasteiger partial charge in [0, 0.05) is 19.2 Å². The van der Waals surface area contributed by atoms with Crippen molar-refractivity contribution >= 4 is 11.0 Å². The van der Waals surface area contributed by atoms with Crippen LogP contribution in [0.25, 0.3) is 11.0 Å². The minimum absolute atomic E-state index is 0.0201. The molecule has 146 valence electrons. The van der Waals surface area contributed by atoms with Gasteiger partial charge in [-0.3, -0.25) is 0 Å². The number of morpholine rings is 1. The van der Waals surface area contributed by atoms with Gasteiger partial charge in [-0.05, 0) is 44.0 Å². The quantitative estimate of drug-likeness (QED) is 0.662. The highest BCUT2D eigenvalue weighted by molar-refractivity contribution is 5.72. The van der Waals surface area contributed by atoms with Crippen molar-refractivity contribution in [2.24, 2.45) is 0 Å². The molecule has 2 aliphatic rings. The molecule has 7 nitrogen and oxygen atoms in total. The first kappa shape index (κ1) is 20.4. The second kappa shape index (κ2) is 9.15. The summed E-state index contributed by atoms with van der Waals surface area (Å²) in [6.45, 7) is 3.83. The maximum absolute atomic E-state index is 12.5. The zero-order valence-corrected chi connectivity index (χ0v) is 14.9. The summed E-state index contributed by atoms with van der Waals surface area (Å²) in [5.74, 6) is 0. The summed E-state index contributed by atoms with van der Waals surface area (Å²) in [5, 5.41) is 8.41. The number of halogens is 3. The van der Waals surface area contributed by atoms with Gasteiger partial charge in [-0.2, -0.15) is 17.9 Å². The SMILES string of the molecule is C1COCCN1.CNC.O=[n+]1[nH]n(C2CC2)c2ccc(C(F)(F)F)cc21. The van der Waals surface area contributed by atoms with E-state index in [1.54, 1.807) is 4.68 Å². The summed E-state index contributed by atoms with van der Waals surface area (Å²) in [5.41, 5.74) is -0.279. The molecule has 3 N–H and O–H groups in total. The van der Waals surface area contributed by atoms with Crippen molar-refractivity contribution in [1.82, 2.24) is 20.5 Å². The van der Waals surface area contributed by atoms with E-state index in [9.17, 15) is 18.1 Å². The average molecular weight is 376 g/mol. The van der Waals surface area contributed by atoms with Crippen LogP contribution in [0.1, 0.15) is 24.4 Å². The van der Waals surface area contributed by atoms with Gasteiger partial charge in [0.25, 0.3) is 0 Å². The second-order valence-corrected chi connectivity index (χ2v) is 6.06. The molecule has 2 heterocycles. The van der Waals surface area contributed by atoms with Crippen LogP contribution in [0, 0.1) is 4.91 Å². The number of aromatic amines is 1. The molecule has 0 bridgehead atoms. The fourth-order valence-electron chi connectivity index (χ4n) is 2.40. The molecule has 0 atom stereocenters. The Morgan fingerprint density at radius 1 is 1.23 bits per heavy atom. The van der Waals surface area contributed by atoms with E-state index >= 15 is 0 Å². The smallest absolute Gasteiger partial charge is 0.379 e. The van der Waals surface area contributed by atoms with E-state index in [2.05, 4.69) is 15.8 Å². The number of aromatic nitrogens is 3. The molecule has 1 aliphatic carbocycles. The Morgan fingerprint density at radius 2 is 1.85 bits per heavy atom. The second-order valence-electron chi connectivity index (χ2n) is 6.06. The maximum atomic E-state index is 12.5. The first-order chi connectivity index (χ1) is 12.4. The van der Waals surface area contributed by atoms with E-state index in [4.69, 9.17) is 4.74 Å². The fourth-order valence-corrected chi connectivity index (χ4v) is 2.40. The lowest BCUT2D eigenvalue weighted by Crippen LogP contribution is -2.30. The van der Waals surface area contributed by atoms with Crippen molar-refractivity contribution in [2.75, 3.05) is 40.4 Å². The molecule has 0 unspecified atom stereocenters. The summed E-state index contributed by atoms with van der Waals surface area (Å²) in [4.78, 5) is 11.5. The van der Waals surface area contributed by atoms with E-state index in [-0.39, 0.29) is 11.6 Å². The van der Waals surface area contributed by atoms with Crippen molar-refractivity contribution in [3.63, 3.8) is 0 Å². The summed E-state index contributed by atoms with van der Waals surface area (Å²) in [6, 6.07) is 3.41. The molecule has 1 saturated heterocycles. The lowest BCUT2D eigenvalue weighted by atomic mass is 10.2. The van der Waals surface area contributed by atoms with Crippen LogP contribution in [-0.4, -0.2) is 50.3 Å². The zero-order valence-electron chi connectivity index (χ0n) is 14.9. The molecule has 1 aromatic carbocycles. The van der Waals surface area contributed by atoms with Crippen molar-refractivity contribution in [3.05, 3.63) is 28.7 Å². The third-order valence-electron chi connectivity index (χ3n) is 3.74. The number of ether oxygens (including phenoxy) is 1. The number of alkyl halides is 3. The van der Waals surface area contributed by atoms with Crippen LogP contribution >= 0.6 is 0 Å². The normalized spacial score (nSPS) is 17.1. The predicted molar refractivity (Wildman–Crippen MR) is 91.6 cm³/mol. The van der Waals surface area contributed by atoms with Crippen molar-refractivity contribution in [3.8, 4) is 0 Å². The Hall–Kier alpha value is -1.91. The molecule has 1 aromatic heterocycles. The molecule has 10 heteroatoms. The largest absolute Gasteiger partial charge is 0.416 e. The third kappa shape index (κ3) is 5.55. The molecule has 1 saturated carbocycles. The van der Waals surface area contributed by atoms with Crippen LogP contribution in [0.2, 0.25) is 0 Å². The van der Waals surface area contributed by atoms with Gasteiger partial charge >= 0.3 is 6.18 Å². The number of fused-ring (bicyclic) bond motifs is 1. The van der Waals surface area contributed by atoms with Crippen molar-refractivity contribution in [1.29, 1.82) is 0 Å². The highest BCUT2D eigenvalue weighted by Gasteiger charge is 2.35. The number of rotatable bonds is 1. The average Bonchev–Trinajstić information content (AvgIpc) is 3.41. The first-order valence-corrected chi connectivity index (χ1v) is 8.49. The van der Waals surface area contributed by atoms with Crippen LogP contribution in [0.5, 0.6) is 0 Å². The van der Waals surface area contributed by atoms with Crippen LogP contribution in [0.4, 0.5) is 13.2 Å². The number of hydrogen-bond donors (Lipinski definition) is 3. The van der Waals surface area contributed by atoms with Gasteiger partial charge in [-0.1, -0.05) is 5.21 Å². The Labute approximate surface area is 149 Å². The third-order valence-corrected chi connectivity index (χ3v) is 3.74. The molecule has 26 heavy (non-hydrogen) atoms. The van der Waals surface area contributed by atoms with Gasteiger partial charge in [-0.15, -0.1) is 0 Å². The highest BCUT2D eigenvalue weighted by atomic mass is 19.4. The first-order valence-electron chi connectivity index (χ1n) is 8.49. The predicted octanol–water partition coefficient (Wildman–Crippen LogP) is 1.68. The number of benzene rings is 1. The molecular weight excluding hydrogens is 351 g/mol. The van der Waals surface area contributed by atoms with Crippen molar-refractivity contribution in [2.45, 2.75) is 25.1 Å². The Bertz CT molecular complexity index is 737. The molecule has 2 fully saturated rings. The number of nitrogens with zero attached hydrogens (tertiary/aromatic N) is 2. The molecule has 1 aliphatic heterocycles. The van der Waals surface area contributed by atoms with E-state index in [1.807, 2.05) is 14.1 Å². The fraction of sp³-hybridized carbons (Fsp3) is 0.625. The van der Waals surface area contributed by atoms with Gasteiger partial charge in [0.1, 0.15) is 6.04 Å². The molecule has 0 spiro atoms. The van der Waals surface area contributed by atoms with Gasteiger partial charge < -0.3 is 15.4 Å². The van der Waals surface area contributed by atoms with Crippen molar-refractivity contribution < 1.29 is 22.5 Å². The lowest BCUT2D eigenvalue weighted by molar-refractivity contribution is -0.541. The van der Waals surface area contributed by atoms with Gasteiger partial charge in [0.15, 0.2) is 0 Å². The minimum Gasteiger partial charge on any atom is -0.379 e. The zero-order chi connectivity index (χ0) is 19.2. The molecule has 0 radical (unpaired) electrons. The van der Waals surface area contributed by atoms with Gasteiger partial charge in [-0.25, -0.2) is 0 Å². The Morgan fingerprint density at radius 3 is 2.27 bits per heavy atom. The Kier molecular flexibility index (Phi) is 7.18. The molecular formula is C16H25F3N5O2+. The number of hydrogen-bond acceptors (Lipinski definition) is 4. The summed E-state index contributed by atoms with van der Waals surface area (Å²) in [7, 11) is 3.75. The van der Waals surface area contributed by atoms with E-state index in [0.717, 1.165) is 51.3 Å². The number of H-pyrrole nitrogens is 1. The Balaban J connectivity index is 0.000000225. The summed E-state index contributed by atoms with van der Waals surface area (Å²) < 4.78 is 44.5. The van der Waals surface area contributed by atoms with Crippen LogP contribution in [0.3, 0.4) is 0 Å². The van der Waals surface area contributed by atoms with E-state index in [0.29, 0.717) is 10.1 Å². The minimum atomic E-state index is -4.43. The number of nitrogens with one attached hydrogen (secondary N) is 3. The highest BCUT2D eigenvalue weighted by Crippen LogP contribution is 2.36. The van der Waals surface area contributed by atoms with Crippen LogP contribution in [-0.2, 0) is 10.9 Å².